The van der Waals surface area contributed by atoms with Gasteiger partial charge in [-0.15, -0.1) is 0 Å². The maximum atomic E-state index is 12.5. The molecule has 0 spiro atoms. The van der Waals surface area contributed by atoms with Gasteiger partial charge in [-0.3, -0.25) is 10.1 Å². The van der Waals surface area contributed by atoms with Gasteiger partial charge in [-0.25, -0.2) is 0 Å². The predicted molar refractivity (Wildman–Crippen MR) is 73.0 cm³/mol. The molecule has 1 fully saturated rings. The smallest absolute Gasteiger partial charge is 0.245 e. The van der Waals surface area contributed by atoms with Crippen LogP contribution in [-0.2, 0) is 4.79 Å². The highest BCUT2D eigenvalue weighted by Crippen LogP contribution is 2.27. The fraction of sp³-hybridized carbons (Fsp3) is 0.533. The number of hydrogen-bond acceptors (Lipinski definition) is 2. The van der Waals surface area contributed by atoms with Crippen LogP contribution >= 0.6 is 0 Å². The van der Waals surface area contributed by atoms with Gasteiger partial charge in [0.25, 0.3) is 0 Å². The lowest BCUT2D eigenvalue weighted by atomic mass is 10.1. The Balaban J connectivity index is 2.21. The maximum Gasteiger partial charge on any atom is 0.245 e. The molecule has 2 rings (SSSR count). The average Bonchev–Trinajstić information content (AvgIpc) is 2.69. The van der Waals surface area contributed by atoms with Crippen molar-refractivity contribution >= 4 is 5.91 Å². The van der Waals surface area contributed by atoms with E-state index in [1.165, 1.54) is 0 Å². The van der Waals surface area contributed by atoms with E-state index in [4.69, 9.17) is 0 Å². The van der Waals surface area contributed by atoms with Crippen molar-refractivity contribution in [1.82, 2.24) is 10.2 Å². The molecule has 1 heterocycles. The minimum absolute atomic E-state index is 0.118. The first kappa shape index (κ1) is 13.1. The van der Waals surface area contributed by atoms with Crippen molar-refractivity contribution in [2.45, 2.75) is 51.9 Å². The van der Waals surface area contributed by atoms with Gasteiger partial charge in [-0.1, -0.05) is 44.2 Å². The third-order valence-electron chi connectivity index (χ3n) is 3.80. The number of nitrogens with zero attached hydrogens (tertiary/aromatic N) is 1. The standard InChI is InChI=1S/C15H22N2O/c1-4-13(5-2)17-11(3)16-14(15(17)18)12-9-7-6-8-10-12/h6-11,13-14,16H,4-5H2,1-3H3. The molecule has 2 atom stereocenters. The molecule has 1 N–H and O–H groups in total. The highest BCUT2D eigenvalue weighted by atomic mass is 16.2. The fourth-order valence-electron chi connectivity index (χ4n) is 2.80. The van der Waals surface area contributed by atoms with Crippen LogP contribution in [0.25, 0.3) is 0 Å². The first-order valence-corrected chi connectivity index (χ1v) is 6.82. The lowest BCUT2D eigenvalue weighted by Crippen LogP contribution is -2.42. The van der Waals surface area contributed by atoms with E-state index in [-0.39, 0.29) is 18.1 Å². The van der Waals surface area contributed by atoms with E-state index in [2.05, 4.69) is 26.1 Å². The average molecular weight is 246 g/mol. The van der Waals surface area contributed by atoms with Gasteiger partial charge in [-0.05, 0) is 25.3 Å². The van der Waals surface area contributed by atoms with Gasteiger partial charge >= 0.3 is 0 Å². The molecule has 2 unspecified atom stereocenters. The number of nitrogens with one attached hydrogen (secondary N) is 1. The van der Waals surface area contributed by atoms with Crippen molar-refractivity contribution in [3.05, 3.63) is 35.9 Å². The molecule has 0 aliphatic carbocycles. The van der Waals surface area contributed by atoms with Crippen LogP contribution in [0.1, 0.15) is 45.2 Å². The maximum absolute atomic E-state index is 12.5. The highest BCUT2D eigenvalue weighted by Gasteiger charge is 2.39. The van der Waals surface area contributed by atoms with Crippen molar-refractivity contribution in [3.63, 3.8) is 0 Å². The van der Waals surface area contributed by atoms with Gasteiger partial charge in [0.2, 0.25) is 5.91 Å². The largest absolute Gasteiger partial charge is 0.323 e. The van der Waals surface area contributed by atoms with Crippen LogP contribution in [0.4, 0.5) is 0 Å². The topological polar surface area (TPSA) is 32.3 Å². The SMILES string of the molecule is CCC(CC)N1C(=O)C(c2ccccc2)NC1C. The molecule has 1 aromatic rings. The van der Waals surface area contributed by atoms with Gasteiger partial charge in [0.1, 0.15) is 6.04 Å². The number of carbonyl (C=O) groups excluding carboxylic acids is 1. The van der Waals surface area contributed by atoms with Gasteiger partial charge in [-0.2, -0.15) is 0 Å². The van der Waals surface area contributed by atoms with Crippen LogP contribution < -0.4 is 5.32 Å². The Bertz CT molecular complexity index is 400. The zero-order valence-corrected chi connectivity index (χ0v) is 11.4. The Morgan fingerprint density at radius 2 is 1.83 bits per heavy atom. The molecule has 3 heteroatoms. The number of amides is 1. The van der Waals surface area contributed by atoms with E-state index in [1.807, 2.05) is 35.2 Å². The molecule has 98 valence electrons. The van der Waals surface area contributed by atoms with E-state index in [0.29, 0.717) is 6.04 Å². The van der Waals surface area contributed by atoms with Crippen LogP contribution in [0.5, 0.6) is 0 Å². The van der Waals surface area contributed by atoms with Crippen molar-refractivity contribution in [3.8, 4) is 0 Å². The minimum Gasteiger partial charge on any atom is -0.323 e. The van der Waals surface area contributed by atoms with Crippen molar-refractivity contribution in [2.75, 3.05) is 0 Å². The Morgan fingerprint density at radius 1 is 1.22 bits per heavy atom. The zero-order valence-electron chi connectivity index (χ0n) is 11.4. The summed E-state index contributed by atoms with van der Waals surface area (Å²) in [6.45, 7) is 6.35. The van der Waals surface area contributed by atoms with Crippen molar-refractivity contribution in [1.29, 1.82) is 0 Å². The first-order valence-electron chi connectivity index (χ1n) is 6.82. The second kappa shape index (κ2) is 5.53. The molecule has 1 amide bonds. The molecule has 3 nitrogen and oxygen atoms in total. The lowest BCUT2D eigenvalue weighted by molar-refractivity contribution is -0.132. The van der Waals surface area contributed by atoms with Crippen LogP contribution in [0.3, 0.4) is 0 Å². The van der Waals surface area contributed by atoms with Crippen LogP contribution in [0, 0.1) is 0 Å². The van der Waals surface area contributed by atoms with Crippen LogP contribution in [-0.4, -0.2) is 23.0 Å². The Labute approximate surface area is 109 Å². The molecule has 1 aliphatic heterocycles. The van der Waals surface area contributed by atoms with Gasteiger partial charge in [0.05, 0.1) is 6.17 Å². The molecule has 0 bridgehead atoms. The number of carbonyl (C=O) groups is 1. The second-order valence-electron chi connectivity index (χ2n) is 4.90. The highest BCUT2D eigenvalue weighted by molar-refractivity contribution is 5.85. The molecular weight excluding hydrogens is 224 g/mol. The summed E-state index contributed by atoms with van der Waals surface area (Å²) in [4.78, 5) is 14.6. The zero-order chi connectivity index (χ0) is 13.1. The molecule has 0 aromatic heterocycles. The third kappa shape index (κ3) is 2.27. The Kier molecular flexibility index (Phi) is 4.02. The molecule has 0 radical (unpaired) electrons. The molecule has 0 saturated carbocycles. The van der Waals surface area contributed by atoms with E-state index in [9.17, 15) is 4.79 Å². The molecule has 18 heavy (non-hydrogen) atoms. The number of rotatable bonds is 4. The Hall–Kier alpha value is -1.35. The summed E-state index contributed by atoms with van der Waals surface area (Å²) in [5, 5.41) is 3.40. The lowest BCUT2D eigenvalue weighted by Gasteiger charge is -2.29. The summed E-state index contributed by atoms with van der Waals surface area (Å²) >= 11 is 0. The van der Waals surface area contributed by atoms with Gasteiger partial charge < -0.3 is 4.90 Å². The predicted octanol–water partition coefficient (Wildman–Crippen LogP) is 2.69. The number of benzene rings is 1. The number of hydrogen-bond donors (Lipinski definition) is 1. The summed E-state index contributed by atoms with van der Waals surface area (Å²) in [6.07, 6.45) is 2.14. The molecule has 1 aromatic carbocycles. The van der Waals surface area contributed by atoms with Crippen molar-refractivity contribution < 1.29 is 4.79 Å². The van der Waals surface area contributed by atoms with Gasteiger partial charge in [0, 0.05) is 6.04 Å². The second-order valence-corrected chi connectivity index (χ2v) is 4.90. The summed E-state index contributed by atoms with van der Waals surface area (Å²) in [6, 6.07) is 10.1. The van der Waals surface area contributed by atoms with Crippen LogP contribution in [0.2, 0.25) is 0 Å². The summed E-state index contributed by atoms with van der Waals surface area (Å²) in [5.74, 6) is 0.211. The third-order valence-corrected chi connectivity index (χ3v) is 3.80. The van der Waals surface area contributed by atoms with E-state index < -0.39 is 0 Å². The molecule has 1 saturated heterocycles. The fourth-order valence-corrected chi connectivity index (χ4v) is 2.80. The normalized spacial score (nSPS) is 24.0. The summed E-state index contributed by atoms with van der Waals surface area (Å²) in [7, 11) is 0. The first-order chi connectivity index (χ1) is 8.69. The van der Waals surface area contributed by atoms with Gasteiger partial charge in [0.15, 0.2) is 0 Å². The summed E-state index contributed by atoms with van der Waals surface area (Å²) in [5.41, 5.74) is 1.06. The van der Waals surface area contributed by atoms with E-state index in [0.717, 1.165) is 18.4 Å². The summed E-state index contributed by atoms with van der Waals surface area (Å²) < 4.78 is 0. The minimum atomic E-state index is -0.179. The Morgan fingerprint density at radius 3 is 2.39 bits per heavy atom. The quantitative estimate of drug-likeness (QED) is 0.886. The molecular formula is C15H22N2O. The van der Waals surface area contributed by atoms with Crippen LogP contribution in [0.15, 0.2) is 30.3 Å². The van der Waals surface area contributed by atoms with Crippen molar-refractivity contribution in [2.24, 2.45) is 0 Å². The van der Waals surface area contributed by atoms with E-state index in [1.54, 1.807) is 0 Å². The van der Waals surface area contributed by atoms with E-state index >= 15 is 0 Å². The molecule has 1 aliphatic rings. The monoisotopic (exact) mass is 246 g/mol.